The number of nitrogens with zero attached hydrogens (tertiary/aromatic N) is 3. The summed E-state index contributed by atoms with van der Waals surface area (Å²) in [5, 5.41) is 0. The number of para-hydroxylation sites is 1. The van der Waals surface area contributed by atoms with Gasteiger partial charge in [-0.25, -0.2) is 0 Å². The van der Waals surface area contributed by atoms with Crippen LogP contribution in [0.25, 0.3) is 5.69 Å². The van der Waals surface area contributed by atoms with Crippen molar-refractivity contribution in [1.82, 2.24) is 14.5 Å². The summed E-state index contributed by atoms with van der Waals surface area (Å²) in [6.45, 7) is 0. The smallest absolute Gasteiger partial charge is 0.0494 e. The summed E-state index contributed by atoms with van der Waals surface area (Å²) >= 11 is 0. The molecule has 0 atom stereocenters. The van der Waals surface area contributed by atoms with Crippen LogP contribution < -0.4 is 0 Å². The van der Waals surface area contributed by atoms with Gasteiger partial charge in [0.2, 0.25) is 0 Å². The van der Waals surface area contributed by atoms with E-state index >= 15 is 0 Å². The van der Waals surface area contributed by atoms with Gasteiger partial charge in [0.15, 0.2) is 0 Å². The molecule has 3 aromatic heterocycles. The molecule has 1 aliphatic heterocycles. The fraction of sp³-hybridized carbons (Fsp3) is 0.130. The molecule has 3 heteroatoms. The van der Waals surface area contributed by atoms with Crippen LogP contribution in [-0.4, -0.2) is 14.5 Å². The summed E-state index contributed by atoms with van der Waals surface area (Å²) in [6.07, 6.45) is 11.6. The number of fused-ring (bicyclic) bond motifs is 3. The second-order valence-corrected chi connectivity index (χ2v) is 6.93. The van der Waals surface area contributed by atoms with Gasteiger partial charge in [-0.2, -0.15) is 0 Å². The third kappa shape index (κ3) is 2.28. The Hall–Kier alpha value is -3.20. The Morgan fingerprint density at radius 2 is 1.31 bits per heavy atom. The second-order valence-electron chi connectivity index (χ2n) is 6.93. The van der Waals surface area contributed by atoms with Gasteiger partial charge in [0.1, 0.15) is 0 Å². The SMILES string of the molecule is c1ccc2c(c1)-n1cccc1C2(Cc1ccncc1)Cc1ccncc1. The molecule has 26 heavy (non-hydrogen) atoms. The Morgan fingerprint density at radius 1 is 0.692 bits per heavy atom. The number of hydrogen-bond donors (Lipinski definition) is 0. The van der Waals surface area contributed by atoms with Gasteiger partial charge in [0.25, 0.3) is 0 Å². The molecule has 126 valence electrons. The van der Waals surface area contributed by atoms with Crippen molar-refractivity contribution in [3.05, 3.63) is 114 Å². The molecule has 4 aromatic rings. The fourth-order valence-electron chi connectivity index (χ4n) is 4.34. The first-order chi connectivity index (χ1) is 12.9. The van der Waals surface area contributed by atoms with Gasteiger partial charge in [-0.15, -0.1) is 0 Å². The van der Waals surface area contributed by atoms with Crippen molar-refractivity contribution >= 4 is 0 Å². The van der Waals surface area contributed by atoms with Crippen molar-refractivity contribution in [1.29, 1.82) is 0 Å². The topological polar surface area (TPSA) is 30.7 Å². The van der Waals surface area contributed by atoms with Crippen LogP contribution in [0.2, 0.25) is 0 Å². The maximum Gasteiger partial charge on any atom is 0.0494 e. The highest BCUT2D eigenvalue weighted by atomic mass is 15.0. The van der Waals surface area contributed by atoms with Crippen LogP contribution in [0.4, 0.5) is 0 Å². The van der Waals surface area contributed by atoms with Crippen LogP contribution in [0.5, 0.6) is 0 Å². The first-order valence-electron chi connectivity index (χ1n) is 8.92. The van der Waals surface area contributed by atoms with Crippen molar-refractivity contribution in [2.75, 3.05) is 0 Å². The fourth-order valence-corrected chi connectivity index (χ4v) is 4.34. The molecule has 4 heterocycles. The molecule has 1 aromatic carbocycles. The highest BCUT2D eigenvalue weighted by Gasteiger charge is 2.43. The molecular formula is C23H19N3. The molecule has 0 unspecified atom stereocenters. The zero-order valence-electron chi connectivity index (χ0n) is 14.4. The number of pyridine rings is 2. The lowest BCUT2D eigenvalue weighted by Crippen LogP contribution is -2.31. The Bertz CT molecular complexity index is 994. The first-order valence-corrected chi connectivity index (χ1v) is 8.92. The van der Waals surface area contributed by atoms with E-state index in [1.165, 1.54) is 28.1 Å². The quantitative estimate of drug-likeness (QED) is 0.554. The molecule has 0 radical (unpaired) electrons. The van der Waals surface area contributed by atoms with Gasteiger partial charge >= 0.3 is 0 Å². The Balaban J connectivity index is 1.72. The molecule has 0 aliphatic carbocycles. The Morgan fingerprint density at radius 3 is 1.96 bits per heavy atom. The Kier molecular flexibility index (Phi) is 3.45. The number of rotatable bonds is 4. The summed E-state index contributed by atoms with van der Waals surface area (Å²) in [7, 11) is 0. The van der Waals surface area contributed by atoms with E-state index in [0.717, 1.165) is 12.8 Å². The lowest BCUT2D eigenvalue weighted by atomic mass is 9.70. The van der Waals surface area contributed by atoms with Gasteiger partial charge in [0.05, 0.1) is 0 Å². The number of hydrogen-bond acceptors (Lipinski definition) is 2. The van der Waals surface area contributed by atoms with Gasteiger partial charge in [-0.3, -0.25) is 9.97 Å². The molecule has 0 amide bonds. The predicted molar refractivity (Wildman–Crippen MR) is 102 cm³/mol. The van der Waals surface area contributed by atoms with Gasteiger partial charge < -0.3 is 4.57 Å². The zero-order chi connectivity index (χ0) is 17.4. The molecule has 0 spiro atoms. The molecule has 3 nitrogen and oxygen atoms in total. The third-order valence-electron chi connectivity index (χ3n) is 5.43. The average molecular weight is 337 g/mol. The van der Waals surface area contributed by atoms with Gasteiger partial charge in [0, 0.05) is 47.8 Å². The molecule has 0 saturated carbocycles. The molecule has 0 fully saturated rings. The molecular weight excluding hydrogens is 318 g/mol. The standard InChI is InChI=1S/C23H19N3/c1-2-5-21-20(4-1)23(22-6-3-15-26(21)22,16-18-7-11-24-12-8-18)17-19-9-13-25-14-10-19/h1-15H,16-17H2. The molecule has 5 rings (SSSR count). The van der Waals surface area contributed by atoms with Crippen molar-refractivity contribution in [2.24, 2.45) is 0 Å². The maximum absolute atomic E-state index is 4.19. The van der Waals surface area contributed by atoms with Crippen molar-refractivity contribution in [3.63, 3.8) is 0 Å². The molecule has 1 aliphatic rings. The van der Waals surface area contributed by atoms with Gasteiger partial charge in [-0.1, -0.05) is 18.2 Å². The van der Waals surface area contributed by atoms with Crippen LogP contribution in [0.1, 0.15) is 22.4 Å². The number of aromatic nitrogens is 3. The molecule has 0 saturated heterocycles. The van der Waals surface area contributed by atoms with Crippen molar-refractivity contribution < 1.29 is 0 Å². The predicted octanol–water partition coefficient (Wildman–Crippen LogP) is 4.35. The summed E-state index contributed by atoms with van der Waals surface area (Å²) < 4.78 is 2.34. The lowest BCUT2D eigenvalue weighted by molar-refractivity contribution is 0.509. The average Bonchev–Trinajstić information content (AvgIpc) is 3.27. The Labute approximate surface area is 153 Å². The van der Waals surface area contributed by atoms with E-state index in [2.05, 4.69) is 81.4 Å². The minimum atomic E-state index is -0.0944. The van der Waals surface area contributed by atoms with Crippen molar-refractivity contribution in [2.45, 2.75) is 18.3 Å². The van der Waals surface area contributed by atoms with Crippen LogP contribution >= 0.6 is 0 Å². The van der Waals surface area contributed by atoms with Crippen LogP contribution in [0.3, 0.4) is 0 Å². The number of benzene rings is 1. The first kappa shape index (κ1) is 15.1. The second kappa shape index (κ2) is 5.95. The summed E-state index contributed by atoms with van der Waals surface area (Å²) in [6, 6.07) is 21.7. The zero-order valence-corrected chi connectivity index (χ0v) is 14.4. The highest BCUT2D eigenvalue weighted by molar-refractivity contribution is 5.59. The molecule has 0 N–H and O–H groups in total. The lowest BCUT2D eigenvalue weighted by Gasteiger charge is -2.31. The third-order valence-corrected chi connectivity index (χ3v) is 5.43. The van der Waals surface area contributed by atoms with Crippen molar-refractivity contribution in [3.8, 4) is 5.69 Å². The van der Waals surface area contributed by atoms with Crippen LogP contribution in [0, 0.1) is 0 Å². The monoisotopic (exact) mass is 337 g/mol. The summed E-state index contributed by atoms with van der Waals surface area (Å²) in [5.74, 6) is 0. The van der Waals surface area contributed by atoms with Crippen LogP contribution in [-0.2, 0) is 18.3 Å². The minimum Gasteiger partial charge on any atom is -0.320 e. The normalized spacial score (nSPS) is 14.0. The van der Waals surface area contributed by atoms with E-state index < -0.39 is 0 Å². The summed E-state index contributed by atoms with van der Waals surface area (Å²) in [4.78, 5) is 8.38. The van der Waals surface area contributed by atoms with E-state index in [1.807, 2.05) is 24.8 Å². The highest BCUT2D eigenvalue weighted by Crippen LogP contribution is 2.47. The van der Waals surface area contributed by atoms with Crippen LogP contribution in [0.15, 0.2) is 91.6 Å². The van der Waals surface area contributed by atoms with Gasteiger partial charge in [-0.05, 0) is 72.0 Å². The van der Waals surface area contributed by atoms with E-state index in [9.17, 15) is 0 Å². The minimum absolute atomic E-state index is 0.0944. The van der Waals surface area contributed by atoms with E-state index in [-0.39, 0.29) is 5.41 Å². The van der Waals surface area contributed by atoms with E-state index in [1.54, 1.807) is 0 Å². The largest absolute Gasteiger partial charge is 0.320 e. The van der Waals surface area contributed by atoms with E-state index in [4.69, 9.17) is 0 Å². The van der Waals surface area contributed by atoms with E-state index in [0.29, 0.717) is 0 Å². The molecule has 0 bridgehead atoms. The maximum atomic E-state index is 4.19. The summed E-state index contributed by atoms with van der Waals surface area (Å²) in [5.41, 5.74) is 6.55.